The van der Waals surface area contributed by atoms with Crippen molar-refractivity contribution in [3.8, 4) is 0 Å². The quantitative estimate of drug-likeness (QED) is 0.796. The van der Waals surface area contributed by atoms with Gasteiger partial charge in [-0.1, -0.05) is 19.3 Å². The molecule has 1 saturated heterocycles. The van der Waals surface area contributed by atoms with Gasteiger partial charge in [0.05, 0.1) is 11.7 Å². The molecule has 140 valence electrons. The molecule has 1 aliphatic heterocycles. The summed E-state index contributed by atoms with van der Waals surface area (Å²) in [4.78, 5) is 12.7. The number of rotatable bonds is 4. The summed E-state index contributed by atoms with van der Waals surface area (Å²) < 4.78 is 28.1. The van der Waals surface area contributed by atoms with Gasteiger partial charge < -0.3 is 11.1 Å². The van der Waals surface area contributed by atoms with E-state index in [9.17, 15) is 13.2 Å². The van der Waals surface area contributed by atoms with E-state index in [1.54, 1.807) is 7.05 Å². The summed E-state index contributed by atoms with van der Waals surface area (Å²) in [6.07, 6.45) is 8.64. The number of hydrogen-bond acceptors (Lipinski definition) is 5. The molecule has 3 N–H and O–H groups in total. The highest BCUT2D eigenvalue weighted by Crippen LogP contribution is 2.27. The van der Waals surface area contributed by atoms with Crippen LogP contribution in [0.4, 0.5) is 0 Å². The molecule has 0 unspecified atom stereocenters. The van der Waals surface area contributed by atoms with Gasteiger partial charge in [-0.2, -0.15) is 9.40 Å². The van der Waals surface area contributed by atoms with Crippen molar-refractivity contribution in [2.45, 2.75) is 61.4 Å². The Hall–Kier alpha value is -1.45. The first-order valence-electron chi connectivity index (χ1n) is 8.90. The third-order valence-electron chi connectivity index (χ3n) is 5.31. The number of aromatic nitrogens is 2. The van der Waals surface area contributed by atoms with E-state index in [-0.39, 0.29) is 16.8 Å². The number of amides is 1. The number of carbonyl (C=O) groups is 1. The molecule has 1 aromatic rings. The van der Waals surface area contributed by atoms with E-state index in [1.165, 1.54) is 21.4 Å². The molecular weight excluding hydrogens is 342 g/mol. The van der Waals surface area contributed by atoms with Gasteiger partial charge in [0.15, 0.2) is 0 Å². The van der Waals surface area contributed by atoms with E-state index in [0.29, 0.717) is 25.9 Å². The zero-order valence-electron chi connectivity index (χ0n) is 14.6. The van der Waals surface area contributed by atoms with Crippen molar-refractivity contribution in [1.82, 2.24) is 19.4 Å². The smallest absolute Gasteiger partial charge is 0.246 e. The average molecular weight is 369 g/mol. The summed E-state index contributed by atoms with van der Waals surface area (Å²) in [5, 5.41) is 6.97. The first kappa shape index (κ1) is 18.3. The predicted octanol–water partition coefficient (Wildman–Crippen LogP) is 0.351. The highest BCUT2D eigenvalue weighted by Gasteiger charge is 2.37. The van der Waals surface area contributed by atoms with E-state index >= 15 is 0 Å². The number of carbonyl (C=O) groups excluding carboxylic acids is 1. The van der Waals surface area contributed by atoms with E-state index in [4.69, 9.17) is 5.73 Å². The van der Waals surface area contributed by atoms with Gasteiger partial charge in [-0.3, -0.25) is 9.48 Å². The van der Waals surface area contributed by atoms with E-state index < -0.39 is 15.6 Å². The van der Waals surface area contributed by atoms with Crippen LogP contribution in [-0.2, 0) is 21.9 Å². The Morgan fingerprint density at radius 1 is 1.28 bits per heavy atom. The third kappa shape index (κ3) is 3.88. The van der Waals surface area contributed by atoms with Crippen LogP contribution in [0.3, 0.4) is 0 Å². The second-order valence-electron chi connectivity index (χ2n) is 7.22. The highest BCUT2D eigenvalue weighted by atomic mass is 32.2. The fourth-order valence-corrected chi connectivity index (χ4v) is 5.12. The molecule has 2 aliphatic rings. The van der Waals surface area contributed by atoms with Crippen LogP contribution in [0.1, 0.15) is 44.9 Å². The largest absolute Gasteiger partial charge is 0.352 e. The molecule has 1 aliphatic carbocycles. The normalized spacial score (nSPS) is 22.6. The number of nitrogens with zero attached hydrogens (tertiary/aromatic N) is 3. The van der Waals surface area contributed by atoms with Crippen molar-refractivity contribution < 1.29 is 13.2 Å². The van der Waals surface area contributed by atoms with Gasteiger partial charge in [0.1, 0.15) is 4.90 Å². The lowest BCUT2D eigenvalue weighted by Crippen LogP contribution is -2.58. The van der Waals surface area contributed by atoms with Crippen molar-refractivity contribution in [3.05, 3.63) is 12.4 Å². The Labute approximate surface area is 148 Å². The van der Waals surface area contributed by atoms with Gasteiger partial charge in [0.25, 0.3) is 0 Å². The molecule has 0 aromatic carbocycles. The Morgan fingerprint density at radius 3 is 2.48 bits per heavy atom. The zero-order chi connectivity index (χ0) is 18.1. The van der Waals surface area contributed by atoms with Gasteiger partial charge in [-0.05, 0) is 25.7 Å². The minimum Gasteiger partial charge on any atom is -0.352 e. The maximum Gasteiger partial charge on any atom is 0.246 e. The van der Waals surface area contributed by atoms with Crippen LogP contribution in [0.2, 0.25) is 0 Å². The molecule has 2 fully saturated rings. The number of nitrogens with one attached hydrogen (secondary N) is 1. The second-order valence-corrected chi connectivity index (χ2v) is 9.16. The summed E-state index contributed by atoms with van der Waals surface area (Å²) in [6, 6.07) is -0.0183. The maximum atomic E-state index is 12.6. The van der Waals surface area contributed by atoms with Crippen LogP contribution < -0.4 is 11.1 Å². The van der Waals surface area contributed by atoms with Crippen molar-refractivity contribution >= 4 is 15.9 Å². The Balaban J connectivity index is 1.56. The second kappa shape index (κ2) is 7.05. The van der Waals surface area contributed by atoms with Crippen LogP contribution in [0.15, 0.2) is 17.3 Å². The summed E-state index contributed by atoms with van der Waals surface area (Å²) in [5.74, 6) is -0.0826. The lowest BCUT2D eigenvalue weighted by Gasteiger charge is -2.36. The summed E-state index contributed by atoms with van der Waals surface area (Å²) >= 11 is 0. The minimum atomic E-state index is -3.51. The molecule has 1 amide bonds. The fraction of sp³-hybridized carbons (Fsp3) is 0.750. The lowest BCUT2D eigenvalue weighted by molar-refractivity contribution is -0.128. The molecule has 25 heavy (non-hydrogen) atoms. The Kier molecular flexibility index (Phi) is 5.17. The highest BCUT2D eigenvalue weighted by molar-refractivity contribution is 7.89. The fourth-order valence-electron chi connectivity index (χ4n) is 3.66. The van der Waals surface area contributed by atoms with Crippen molar-refractivity contribution in [2.24, 2.45) is 12.8 Å². The summed E-state index contributed by atoms with van der Waals surface area (Å²) in [7, 11) is -1.82. The minimum absolute atomic E-state index is 0.0183. The third-order valence-corrected chi connectivity index (χ3v) is 7.16. The molecule has 0 radical (unpaired) electrons. The molecule has 0 bridgehead atoms. The number of nitrogens with two attached hydrogens (primary N) is 1. The molecule has 0 atom stereocenters. The van der Waals surface area contributed by atoms with Gasteiger partial charge in [0.2, 0.25) is 15.9 Å². The molecule has 2 heterocycles. The van der Waals surface area contributed by atoms with Gasteiger partial charge in [0, 0.05) is 32.4 Å². The maximum absolute atomic E-state index is 12.6. The summed E-state index contributed by atoms with van der Waals surface area (Å²) in [6.45, 7) is 0.777. The molecule has 3 rings (SSSR count). The summed E-state index contributed by atoms with van der Waals surface area (Å²) in [5.41, 5.74) is 5.51. The van der Waals surface area contributed by atoms with E-state index in [1.807, 2.05) is 0 Å². The Bertz CT molecular complexity index is 716. The average Bonchev–Trinajstić information content (AvgIpc) is 3.03. The number of aryl methyl sites for hydroxylation is 1. The van der Waals surface area contributed by atoms with Crippen LogP contribution in [0, 0.1) is 0 Å². The van der Waals surface area contributed by atoms with Crippen LogP contribution in [-0.4, -0.2) is 53.1 Å². The molecular formula is C16H27N5O3S. The van der Waals surface area contributed by atoms with Crippen LogP contribution >= 0.6 is 0 Å². The topological polar surface area (TPSA) is 110 Å². The van der Waals surface area contributed by atoms with Crippen molar-refractivity contribution in [2.75, 3.05) is 13.1 Å². The first-order chi connectivity index (χ1) is 11.8. The Morgan fingerprint density at radius 2 is 1.92 bits per heavy atom. The SMILES string of the molecule is Cn1cc(S(=O)(=O)N2CCC(NC(=O)C3(N)CCCCC3)CC2)cn1. The number of sulfonamides is 1. The van der Waals surface area contributed by atoms with Crippen molar-refractivity contribution in [3.63, 3.8) is 0 Å². The lowest BCUT2D eigenvalue weighted by atomic mass is 9.81. The molecule has 0 spiro atoms. The van der Waals surface area contributed by atoms with Crippen molar-refractivity contribution in [1.29, 1.82) is 0 Å². The molecule has 1 saturated carbocycles. The molecule has 1 aromatic heterocycles. The number of hydrogen-bond donors (Lipinski definition) is 2. The van der Waals surface area contributed by atoms with Crippen LogP contribution in [0.25, 0.3) is 0 Å². The van der Waals surface area contributed by atoms with Gasteiger partial charge >= 0.3 is 0 Å². The first-order valence-corrected chi connectivity index (χ1v) is 10.3. The standard InChI is InChI=1S/C16H27N5O3S/c1-20-12-14(11-18-20)25(23,24)21-9-5-13(6-10-21)19-15(22)16(17)7-3-2-4-8-16/h11-13H,2-10,17H2,1H3,(H,19,22). The van der Waals surface area contributed by atoms with E-state index in [2.05, 4.69) is 10.4 Å². The monoisotopic (exact) mass is 369 g/mol. The van der Waals surface area contributed by atoms with Crippen LogP contribution in [0.5, 0.6) is 0 Å². The molecule has 9 heteroatoms. The van der Waals surface area contributed by atoms with Gasteiger partial charge in [-0.25, -0.2) is 8.42 Å². The zero-order valence-corrected chi connectivity index (χ0v) is 15.5. The predicted molar refractivity (Wildman–Crippen MR) is 93.1 cm³/mol. The van der Waals surface area contributed by atoms with E-state index in [0.717, 1.165) is 32.1 Å². The van der Waals surface area contributed by atoms with Gasteiger partial charge in [-0.15, -0.1) is 0 Å². The number of piperidine rings is 1. The molecule has 8 nitrogen and oxygen atoms in total.